The SMILES string of the molecule is Cc1sc(NC(=O)c2cc(Br)ccc2I)c(C(N)=O)c1C. The van der Waals surface area contributed by atoms with E-state index in [-0.39, 0.29) is 5.91 Å². The van der Waals surface area contributed by atoms with Crippen molar-refractivity contribution in [2.75, 3.05) is 5.32 Å². The molecule has 0 aliphatic heterocycles. The van der Waals surface area contributed by atoms with E-state index in [2.05, 4.69) is 43.8 Å². The summed E-state index contributed by atoms with van der Waals surface area (Å²) >= 11 is 6.80. The Balaban J connectivity index is 2.38. The average Bonchev–Trinajstić information content (AvgIpc) is 2.67. The third kappa shape index (κ3) is 3.46. The van der Waals surface area contributed by atoms with Gasteiger partial charge in [0.25, 0.3) is 11.8 Å². The molecule has 0 bridgehead atoms. The number of thiophene rings is 1. The van der Waals surface area contributed by atoms with Gasteiger partial charge >= 0.3 is 0 Å². The molecule has 0 atom stereocenters. The van der Waals surface area contributed by atoms with Gasteiger partial charge in [-0.05, 0) is 60.2 Å². The summed E-state index contributed by atoms with van der Waals surface area (Å²) in [5.41, 5.74) is 7.15. The second kappa shape index (κ2) is 6.45. The molecule has 0 spiro atoms. The highest BCUT2D eigenvalue weighted by atomic mass is 127. The molecular weight excluding hydrogens is 467 g/mol. The molecule has 2 rings (SSSR count). The number of benzene rings is 1. The zero-order chi connectivity index (χ0) is 15.7. The number of nitrogens with two attached hydrogens (primary N) is 1. The van der Waals surface area contributed by atoms with Crippen molar-refractivity contribution in [1.82, 2.24) is 0 Å². The van der Waals surface area contributed by atoms with Crippen LogP contribution in [0.5, 0.6) is 0 Å². The van der Waals surface area contributed by atoms with E-state index in [1.54, 1.807) is 6.07 Å². The summed E-state index contributed by atoms with van der Waals surface area (Å²) in [5.74, 6) is -0.791. The Hall–Kier alpha value is -0.930. The summed E-state index contributed by atoms with van der Waals surface area (Å²) in [7, 11) is 0. The molecule has 0 saturated carbocycles. The summed E-state index contributed by atoms with van der Waals surface area (Å²) < 4.78 is 1.65. The van der Waals surface area contributed by atoms with Gasteiger partial charge in [0.1, 0.15) is 5.00 Å². The van der Waals surface area contributed by atoms with Gasteiger partial charge in [0.05, 0.1) is 11.1 Å². The molecule has 3 N–H and O–H groups in total. The first-order valence-electron chi connectivity index (χ1n) is 5.97. The molecule has 4 nitrogen and oxygen atoms in total. The first-order valence-corrected chi connectivity index (χ1v) is 8.66. The van der Waals surface area contributed by atoms with Crippen LogP contribution < -0.4 is 11.1 Å². The molecule has 21 heavy (non-hydrogen) atoms. The lowest BCUT2D eigenvalue weighted by Gasteiger charge is -2.07. The van der Waals surface area contributed by atoms with Crippen LogP contribution in [-0.4, -0.2) is 11.8 Å². The van der Waals surface area contributed by atoms with Crippen LogP contribution in [0, 0.1) is 17.4 Å². The molecule has 1 aromatic heterocycles. The summed E-state index contributed by atoms with van der Waals surface area (Å²) in [6, 6.07) is 5.46. The molecule has 1 heterocycles. The van der Waals surface area contributed by atoms with Gasteiger partial charge in [-0.25, -0.2) is 0 Å². The zero-order valence-electron chi connectivity index (χ0n) is 11.3. The quantitative estimate of drug-likeness (QED) is 0.652. The van der Waals surface area contributed by atoms with Gasteiger partial charge in [-0.1, -0.05) is 15.9 Å². The molecule has 2 aromatic rings. The fourth-order valence-electron chi connectivity index (χ4n) is 1.85. The van der Waals surface area contributed by atoms with Gasteiger partial charge in [0.2, 0.25) is 0 Å². The van der Waals surface area contributed by atoms with Crippen molar-refractivity contribution in [3.8, 4) is 0 Å². The maximum absolute atomic E-state index is 12.4. The Morgan fingerprint density at radius 3 is 2.62 bits per heavy atom. The van der Waals surface area contributed by atoms with Crippen LogP contribution in [-0.2, 0) is 0 Å². The van der Waals surface area contributed by atoms with E-state index in [9.17, 15) is 9.59 Å². The predicted molar refractivity (Wildman–Crippen MR) is 97.1 cm³/mol. The Morgan fingerprint density at radius 1 is 1.33 bits per heavy atom. The smallest absolute Gasteiger partial charge is 0.257 e. The number of halogens is 2. The van der Waals surface area contributed by atoms with Crippen LogP contribution in [0.15, 0.2) is 22.7 Å². The van der Waals surface area contributed by atoms with Gasteiger partial charge in [0.15, 0.2) is 0 Å². The number of aryl methyl sites for hydroxylation is 1. The fourth-order valence-corrected chi connectivity index (χ4v) is 3.86. The minimum atomic E-state index is -0.531. The number of carbonyl (C=O) groups is 2. The normalized spacial score (nSPS) is 10.5. The third-order valence-corrected chi connectivity index (χ3v) is 5.59. The number of nitrogens with one attached hydrogen (secondary N) is 1. The maximum Gasteiger partial charge on any atom is 0.257 e. The lowest BCUT2D eigenvalue weighted by atomic mass is 10.1. The second-order valence-corrected chi connectivity index (χ2v) is 7.73. The van der Waals surface area contributed by atoms with Gasteiger partial charge in [0, 0.05) is 12.9 Å². The largest absolute Gasteiger partial charge is 0.365 e. The molecular formula is C14H12BrIN2O2S. The highest BCUT2D eigenvalue weighted by Crippen LogP contribution is 2.32. The number of rotatable bonds is 3. The summed E-state index contributed by atoms with van der Waals surface area (Å²) in [5, 5.41) is 3.29. The van der Waals surface area contributed by atoms with E-state index in [1.807, 2.05) is 26.0 Å². The second-order valence-electron chi connectivity index (χ2n) is 4.43. The average molecular weight is 479 g/mol. The summed E-state index contributed by atoms with van der Waals surface area (Å²) in [6.45, 7) is 3.72. The first-order chi connectivity index (χ1) is 9.81. The number of carbonyl (C=O) groups excluding carboxylic acids is 2. The van der Waals surface area contributed by atoms with Gasteiger partial charge in [-0.3, -0.25) is 9.59 Å². The third-order valence-electron chi connectivity index (χ3n) is 3.03. The maximum atomic E-state index is 12.4. The van der Waals surface area contributed by atoms with E-state index in [0.717, 1.165) is 18.5 Å². The highest BCUT2D eigenvalue weighted by molar-refractivity contribution is 14.1. The number of primary amides is 1. The molecule has 110 valence electrons. The van der Waals surface area contributed by atoms with Gasteiger partial charge in [-0.2, -0.15) is 0 Å². The minimum Gasteiger partial charge on any atom is -0.365 e. The van der Waals surface area contributed by atoms with Crippen LogP contribution in [0.2, 0.25) is 0 Å². The van der Waals surface area contributed by atoms with E-state index < -0.39 is 5.91 Å². The Morgan fingerprint density at radius 2 is 2.00 bits per heavy atom. The van der Waals surface area contributed by atoms with Crippen molar-refractivity contribution in [2.24, 2.45) is 5.73 Å². The lowest BCUT2D eigenvalue weighted by Crippen LogP contribution is -2.18. The van der Waals surface area contributed by atoms with Crippen molar-refractivity contribution in [3.05, 3.63) is 47.8 Å². The van der Waals surface area contributed by atoms with Crippen molar-refractivity contribution < 1.29 is 9.59 Å². The lowest BCUT2D eigenvalue weighted by molar-refractivity contribution is 0.100. The van der Waals surface area contributed by atoms with Gasteiger partial charge < -0.3 is 11.1 Å². The van der Waals surface area contributed by atoms with Gasteiger partial charge in [-0.15, -0.1) is 11.3 Å². The molecule has 0 radical (unpaired) electrons. The van der Waals surface area contributed by atoms with Crippen molar-refractivity contribution in [1.29, 1.82) is 0 Å². The highest BCUT2D eigenvalue weighted by Gasteiger charge is 2.20. The molecule has 2 amide bonds. The van der Waals surface area contributed by atoms with E-state index >= 15 is 0 Å². The van der Waals surface area contributed by atoms with Crippen LogP contribution in [0.3, 0.4) is 0 Å². The number of hydrogen-bond donors (Lipinski definition) is 2. The molecule has 0 saturated heterocycles. The Bertz CT molecular complexity index is 743. The number of hydrogen-bond acceptors (Lipinski definition) is 3. The monoisotopic (exact) mass is 478 g/mol. The molecule has 1 aromatic carbocycles. The number of anilines is 1. The fraction of sp³-hybridized carbons (Fsp3) is 0.143. The van der Waals surface area contributed by atoms with Crippen molar-refractivity contribution in [2.45, 2.75) is 13.8 Å². The van der Waals surface area contributed by atoms with Crippen LogP contribution >= 0.6 is 49.9 Å². The minimum absolute atomic E-state index is 0.260. The summed E-state index contributed by atoms with van der Waals surface area (Å²) in [6.07, 6.45) is 0. The molecule has 0 aliphatic rings. The Labute approximate surface area is 148 Å². The molecule has 0 unspecified atom stereocenters. The van der Waals surface area contributed by atoms with Crippen LogP contribution in [0.25, 0.3) is 0 Å². The molecule has 0 fully saturated rings. The Kier molecular flexibility index (Phi) is 5.05. The van der Waals surface area contributed by atoms with E-state index in [1.165, 1.54) is 11.3 Å². The molecule has 0 aliphatic carbocycles. The number of amides is 2. The van der Waals surface area contributed by atoms with E-state index in [0.29, 0.717) is 16.1 Å². The predicted octanol–water partition coefficient (Wildman–Crippen LogP) is 4.08. The van der Waals surface area contributed by atoms with Crippen molar-refractivity contribution in [3.63, 3.8) is 0 Å². The standard InChI is InChI=1S/C14H12BrIN2O2S/c1-6-7(2)21-14(11(6)12(17)19)18-13(20)9-5-8(15)3-4-10(9)16/h3-5H,1-2H3,(H2,17,19)(H,18,20). The summed E-state index contributed by atoms with van der Waals surface area (Å²) in [4.78, 5) is 24.9. The molecule has 7 heteroatoms. The van der Waals surface area contributed by atoms with Crippen LogP contribution in [0.1, 0.15) is 31.2 Å². The zero-order valence-corrected chi connectivity index (χ0v) is 15.9. The topological polar surface area (TPSA) is 72.2 Å². The van der Waals surface area contributed by atoms with Crippen molar-refractivity contribution >= 4 is 66.7 Å². The van der Waals surface area contributed by atoms with E-state index in [4.69, 9.17) is 5.73 Å². The first kappa shape index (κ1) is 16.4. The van der Waals surface area contributed by atoms with Crippen LogP contribution in [0.4, 0.5) is 5.00 Å².